The minimum atomic E-state index is 0.840. The SMILES string of the molecule is COc1ccc(N(c2cccc(C)c2)c2ccc(-c3ccc(N(c4ccc(OC)cc4)c4cccc(C)c4)c(C)c3)cc2C)cc1. The summed E-state index contributed by atoms with van der Waals surface area (Å²) in [7, 11) is 3.40. The van der Waals surface area contributed by atoms with Gasteiger partial charge in [0.25, 0.3) is 0 Å². The van der Waals surface area contributed by atoms with Crippen molar-refractivity contribution in [3.05, 3.63) is 156 Å². The van der Waals surface area contributed by atoms with Crippen molar-refractivity contribution >= 4 is 34.1 Å². The van der Waals surface area contributed by atoms with Crippen molar-refractivity contribution in [3.8, 4) is 22.6 Å². The normalized spacial score (nSPS) is 10.8. The van der Waals surface area contributed by atoms with Crippen LogP contribution in [0.3, 0.4) is 0 Å². The fraction of sp³-hybridized carbons (Fsp3) is 0.143. The average Bonchev–Trinajstić information content (AvgIpc) is 3.07. The molecule has 6 rings (SSSR count). The van der Waals surface area contributed by atoms with Gasteiger partial charge in [0.15, 0.2) is 0 Å². The Morgan fingerprint density at radius 1 is 0.391 bits per heavy atom. The Hall–Kier alpha value is -5.48. The van der Waals surface area contributed by atoms with Gasteiger partial charge >= 0.3 is 0 Å². The number of rotatable bonds is 9. The summed E-state index contributed by atoms with van der Waals surface area (Å²) < 4.78 is 10.9. The standard InChI is InChI=1S/C42H40N2O2/c1-29-9-7-11-37(25-29)43(35-15-19-39(45-5)20-16-35)41-23-13-33(27-31(41)3)34-14-24-42(32(4)28-34)44(38-12-8-10-30(2)26-38)36-17-21-40(46-6)22-18-36/h7-28H,1-6H3. The summed E-state index contributed by atoms with van der Waals surface area (Å²) in [5.74, 6) is 1.68. The highest BCUT2D eigenvalue weighted by Gasteiger charge is 2.18. The molecular weight excluding hydrogens is 564 g/mol. The second kappa shape index (κ2) is 13.3. The van der Waals surface area contributed by atoms with Gasteiger partial charge in [-0.15, -0.1) is 0 Å². The molecule has 4 heteroatoms. The first-order valence-corrected chi connectivity index (χ1v) is 15.6. The van der Waals surface area contributed by atoms with Crippen molar-refractivity contribution in [3.63, 3.8) is 0 Å². The van der Waals surface area contributed by atoms with Crippen LogP contribution in [-0.2, 0) is 0 Å². The number of hydrogen-bond acceptors (Lipinski definition) is 4. The molecule has 230 valence electrons. The highest BCUT2D eigenvalue weighted by atomic mass is 16.5. The van der Waals surface area contributed by atoms with Crippen LogP contribution < -0.4 is 19.3 Å². The predicted octanol–water partition coefficient (Wildman–Crippen LogP) is 11.5. The summed E-state index contributed by atoms with van der Waals surface area (Å²) in [4.78, 5) is 4.63. The largest absolute Gasteiger partial charge is 0.497 e. The summed E-state index contributed by atoms with van der Waals surface area (Å²) >= 11 is 0. The molecule has 46 heavy (non-hydrogen) atoms. The van der Waals surface area contributed by atoms with Crippen molar-refractivity contribution in [1.29, 1.82) is 0 Å². The average molecular weight is 605 g/mol. The minimum absolute atomic E-state index is 0.840. The van der Waals surface area contributed by atoms with E-state index in [9.17, 15) is 0 Å². The summed E-state index contributed by atoms with van der Waals surface area (Å²) in [6.45, 7) is 8.64. The molecule has 6 aromatic rings. The highest BCUT2D eigenvalue weighted by molar-refractivity contribution is 5.83. The van der Waals surface area contributed by atoms with Gasteiger partial charge in [-0.3, -0.25) is 0 Å². The summed E-state index contributed by atoms with van der Waals surface area (Å²) in [6.07, 6.45) is 0. The monoisotopic (exact) mass is 604 g/mol. The van der Waals surface area contributed by atoms with E-state index in [0.717, 1.165) is 45.6 Å². The molecule has 0 saturated carbocycles. The van der Waals surface area contributed by atoms with Crippen LogP contribution in [0.4, 0.5) is 34.1 Å². The first kappa shape index (κ1) is 30.5. The van der Waals surface area contributed by atoms with Gasteiger partial charge in [-0.1, -0.05) is 36.4 Å². The van der Waals surface area contributed by atoms with Crippen molar-refractivity contribution in [2.24, 2.45) is 0 Å². The molecule has 0 fully saturated rings. The third-order valence-corrected chi connectivity index (χ3v) is 8.39. The number of ether oxygens (including phenoxy) is 2. The molecule has 0 aliphatic heterocycles. The number of methoxy groups -OCH3 is 2. The van der Waals surface area contributed by atoms with Crippen molar-refractivity contribution in [1.82, 2.24) is 0 Å². The third-order valence-electron chi connectivity index (χ3n) is 8.39. The number of nitrogens with zero attached hydrogens (tertiary/aromatic N) is 2. The van der Waals surface area contributed by atoms with Gasteiger partial charge < -0.3 is 19.3 Å². The topological polar surface area (TPSA) is 24.9 Å². The van der Waals surface area contributed by atoms with E-state index in [0.29, 0.717) is 0 Å². The Balaban J connectivity index is 1.38. The molecule has 0 aliphatic rings. The number of benzene rings is 6. The Kier molecular flexibility index (Phi) is 8.80. The molecular formula is C42H40N2O2. The second-order valence-corrected chi connectivity index (χ2v) is 11.7. The predicted molar refractivity (Wildman–Crippen MR) is 193 cm³/mol. The molecule has 0 heterocycles. The molecule has 0 bridgehead atoms. The van der Waals surface area contributed by atoms with Gasteiger partial charge in [-0.2, -0.15) is 0 Å². The summed E-state index contributed by atoms with van der Waals surface area (Å²) in [6, 6.07) is 47.3. The van der Waals surface area contributed by atoms with Gasteiger partial charge in [0.05, 0.1) is 14.2 Å². The van der Waals surface area contributed by atoms with Gasteiger partial charge in [0, 0.05) is 34.1 Å². The van der Waals surface area contributed by atoms with Crippen LogP contribution in [0, 0.1) is 27.7 Å². The van der Waals surface area contributed by atoms with E-state index >= 15 is 0 Å². The van der Waals surface area contributed by atoms with Gasteiger partial charge in [0.1, 0.15) is 11.5 Å². The molecule has 4 nitrogen and oxygen atoms in total. The van der Waals surface area contributed by atoms with Gasteiger partial charge in [0.2, 0.25) is 0 Å². The van der Waals surface area contributed by atoms with E-state index in [1.807, 2.05) is 24.3 Å². The fourth-order valence-electron chi connectivity index (χ4n) is 6.02. The lowest BCUT2D eigenvalue weighted by atomic mass is 9.98. The third kappa shape index (κ3) is 6.33. The zero-order chi connectivity index (χ0) is 32.2. The van der Waals surface area contributed by atoms with Crippen LogP contribution in [0.2, 0.25) is 0 Å². The molecule has 0 aromatic heterocycles. The fourth-order valence-corrected chi connectivity index (χ4v) is 6.02. The van der Waals surface area contributed by atoms with Crippen LogP contribution in [0.15, 0.2) is 133 Å². The van der Waals surface area contributed by atoms with Crippen LogP contribution in [-0.4, -0.2) is 14.2 Å². The first-order valence-electron chi connectivity index (χ1n) is 15.6. The van der Waals surface area contributed by atoms with Gasteiger partial charge in [-0.05, 0) is 158 Å². The Bertz CT molecular complexity index is 1820. The maximum absolute atomic E-state index is 5.44. The number of aryl methyl sites for hydroxylation is 4. The van der Waals surface area contributed by atoms with Crippen LogP contribution in [0.1, 0.15) is 22.3 Å². The molecule has 0 aliphatic carbocycles. The zero-order valence-electron chi connectivity index (χ0n) is 27.4. The lowest BCUT2D eigenvalue weighted by molar-refractivity contribution is 0.414. The van der Waals surface area contributed by atoms with E-state index in [1.54, 1.807) is 14.2 Å². The molecule has 0 amide bonds. The quantitative estimate of drug-likeness (QED) is 0.164. The second-order valence-electron chi connectivity index (χ2n) is 11.7. The van der Waals surface area contributed by atoms with E-state index in [-0.39, 0.29) is 0 Å². The number of anilines is 6. The van der Waals surface area contributed by atoms with E-state index in [2.05, 4.69) is 147 Å². The summed E-state index contributed by atoms with van der Waals surface area (Å²) in [5, 5.41) is 0. The molecule has 0 unspecified atom stereocenters. The van der Waals surface area contributed by atoms with Gasteiger partial charge in [-0.25, -0.2) is 0 Å². The maximum atomic E-state index is 5.44. The van der Waals surface area contributed by atoms with Crippen molar-refractivity contribution in [2.45, 2.75) is 27.7 Å². The maximum Gasteiger partial charge on any atom is 0.119 e. The van der Waals surface area contributed by atoms with Crippen LogP contribution >= 0.6 is 0 Å². The number of hydrogen-bond donors (Lipinski definition) is 0. The molecule has 6 aromatic carbocycles. The lowest BCUT2D eigenvalue weighted by Crippen LogP contribution is -2.12. The Morgan fingerprint density at radius 2 is 0.783 bits per heavy atom. The molecule has 0 N–H and O–H groups in total. The Labute approximate surface area is 273 Å². The summed E-state index contributed by atoms with van der Waals surface area (Å²) in [5.41, 5.74) is 13.9. The van der Waals surface area contributed by atoms with E-state index in [1.165, 1.54) is 33.4 Å². The zero-order valence-corrected chi connectivity index (χ0v) is 27.4. The van der Waals surface area contributed by atoms with Crippen LogP contribution in [0.25, 0.3) is 11.1 Å². The molecule has 0 atom stereocenters. The molecule has 0 radical (unpaired) electrons. The molecule has 0 spiro atoms. The minimum Gasteiger partial charge on any atom is -0.497 e. The molecule has 0 saturated heterocycles. The smallest absolute Gasteiger partial charge is 0.119 e. The van der Waals surface area contributed by atoms with E-state index in [4.69, 9.17) is 9.47 Å². The lowest BCUT2D eigenvalue weighted by Gasteiger charge is -2.28. The van der Waals surface area contributed by atoms with E-state index < -0.39 is 0 Å². The Morgan fingerprint density at radius 3 is 1.11 bits per heavy atom. The first-order chi connectivity index (χ1) is 22.3. The van der Waals surface area contributed by atoms with Crippen LogP contribution in [0.5, 0.6) is 11.5 Å². The highest BCUT2D eigenvalue weighted by Crippen LogP contribution is 2.41. The van der Waals surface area contributed by atoms with Crippen molar-refractivity contribution in [2.75, 3.05) is 24.0 Å². The van der Waals surface area contributed by atoms with Crippen molar-refractivity contribution < 1.29 is 9.47 Å².